The largest absolute Gasteiger partial charge is 0.495 e. The summed E-state index contributed by atoms with van der Waals surface area (Å²) in [4.78, 5) is 31.0. The van der Waals surface area contributed by atoms with E-state index >= 15 is 0 Å². The summed E-state index contributed by atoms with van der Waals surface area (Å²) >= 11 is 0. The number of pyridine rings is 1. The fourth-order valence-electron chi connectivity index (χ4n) is 4.30. The summed E-state index contributed by atoms with van der Waals surface area (Å²) in [6.07, 6.45) is 3.34. The second kappa shape index (κ2) is 9.63. The molecule has 2 amide bonds. The van der Waals surface area contributed by atoms with Gasteiger partial charge in [0, 0.05) is 24.0 Å². The van der Waals surface area contributed by atoms with Crippen LogP contribution in [-0.4, -0.2) is 28.1 Å². The molecule has 0 fully saturated rings. The van der Waals surface area contributed by atoms with E-state index in [1.807, 2.05) is 56.3 Å². The van der Waals surface area contributed by atoms with Crippen LogP contribution in [0.2, 0.25) is 0 Å². The van der Waals surface area contributed by atoms with Crippen molar-refractivity contribution in [2.45, 2.75) is 26.9 Å². The highest BCUT2D eigenvalue weighted by atomic mass is 16.5. The minimum Gasteiger partial charge on any atom is -0.495 e. The first kappa shape index (κ1) is 23.3. The number of hydrogen-bond donors (Lipinski definition) is 2. The third-order valence-electron chi connectivity index (χ3n) is 6.14. The standard InChI is InChI=1S/C27H27N7O2/c1-17-5-4-6-18(2)24(17)33-16-20-14-30-26(31-21-9-7-19(13-28)8-10-21)32-25(20)34(27(33)35)23-12-11-22(36-3)15-29-23/h4-12,14-15H,13,16,28H2,1-3H3,(H,30,31,32). The normalized spacial score (nSPS) is 12.9. The molecule has 0 saturated carbocycles. The number of fused-ring (bicyclic) bond motifs is 1. The summed E-state index contributed by atoms with van der Waals surface area (Å²) in [6.45, 7) is 4.82. The highest BCUT2D eigenvalue weighted by Gasteiger charge is 2.36. The van der Waals surface area contributed by atoms with Crippen molar-refractivity contribution < 1.29 is 9.53 Å². The number of nitrogens with two attached hydrogens (primary N) is 1. The Labute approximate surface area is 209 Å². The number of aromatic nitrogens is 3. The molecule has 4 aromatic rings. The number of aryl methyl sites for hydroxylation is 2. The van der Waals surface area contributed by atoms with Gasteiger partial charge in [-0.3, -0.25) is 4.90 Å². The van der Waals surface area contributed by atoms with Crippen molar-refractivity contribution in [3.05, 3.63) is 89.2 Å². The van der Waals surface area contributed by atoms with Crippen molar-refractivity contribution in [2.24, 2.45) is 5.73 Å². The first-order chi connectivity index (χ1) is 17.5. The van der Waals surface area contributed by atoms with Crippen molar-refractivity contribution in [3.8, 4) is 5.75 Å². The number of rotatable bonds is 6. The zero-order valence-electron chi connectivity index (χ0n) is 20.4. The molecule has 9 heteroatoms. The lowest BCUT2D eigenvalue weighted by atomic mass is 10.1. The Balaban J connectivity index is 1.58. The number of hydrogen-bond acceptors (Lipinski definition) is 7. The van der Waals surface area contributed by atoms with E-state index in [2.05, 4.69) is 15.3 Å². The van der Waals surface area contributed by atoms with Crippen LogP contribution in [-0.2, 0) is 13.1 Å². The number of ether oxygens (including phenoxy) is 1. The first-order valence-corrected chi connectivity index (χ1v) is 11.6. The molecule has 0 bridgehead atoms. The quantitative estimate of drug-likeness (QED) is 0.400. The van der Waals surface area contributed by atoms with Gasteiger partial charge in [0.15, 0.2) is 5.82 Å². The van der Waals surface area contributed by atoms with Gasteiger partial charge in [-0.2, -0.15) is 4.98 Å². The van der Waals surface area contributed by atoms with Gasteiger partial charge in [-0.25, -0.2) is 19.7 Å². The number of carbonyl (C=O) groups excluding carboxylic acids is 1. The van der Waals surface area contributed by atoms with Gasteiger partial charge >= 0.3 is 6.03 Å². The molecule has 0 aliphatic carbocycles. The number of nitrogens with one attached hydrogen (secondary N) is 1. The number of benzene rings is 2. The maximum atomic E-state index is 14.0. The lowest BCUT2D eigenvalue weighted by Crippen LogP contribution is -2.46. The number of anilines is 5. The molecule has 2 aromatic heterocycles. The summed E-state index contributed by atoms with van der Waals surface area (Å²) in [5.74, 6) is 1.90. The maximum absolute atomic E-state index is 14.0. The zero-order valence-corrected chi connectivity index (χ0v) is 20.4. The third-order valence-corrected chi connectivity index (χ3v) is 6.14. The van der Waals surface area contributed by atoms with Gasteiger partial charge in [0.25, 0.3) is 0 Å². The molecule has 5 rings (SSSR count). The molecular formula is C27H27N7O2. The number of para-hydroxylation sites is 1. The van der Waals surface area contributed by atoms with Crippen molar-refractivity contribution in [1.29, 1.82) is 0 Å². The number of methoxy groups -OCH3 is 1. The minimum atomic E-state index is -0.241. The molecule has 0 atom stereocenters. The van der Waals surface area contributed by atoms with Crippen LogP contribution in [0.1, 0.15) is 22.3 Å². The monoisotopic (exact) mass is 481 g/mol. The van der Waals surface area contributed by atoms with Crippen LogP contribution in [0.3, 0.4) is 0 Å². The fraction of sp³-hybridized carbons (Fsp3) is 0.185. The number of urea groups is 1. The molecule has 182 valence electrons. The van der Waals surface area contributed by atoms with Gasteiger partial charge in [0.05, 0.1) is 25.5 Å². The van der Waals surface area contributed by atoms with Gasteiger partial charge in [-0.15, -0.1) is 0 Å². The predicted octanol–water partition coefficient (Wildman–Crippen LogP) is 4.98. The van der Waals surface area contributed by atoms with E-state index in [1.54, 1.807) is 36.5 Å². The SMILES string of the molecule is COc1ccc(N2C(=O)N(c3c(C)cccc3C)Cc3cnc(Nc4ccc(CN)cc4)nc32)nc1. The van der Waals surface area contributed by atoms with Crippen LogP contribution in [0.4, 0.5) is 33.8 Å². The van der Waals surface area contributed by atoms with E-state index in [1.165, 1.54) is 4.90 Å². The molecular weight excluding hydrogens is 454 g/mol. The average Bonchev–Trinajstić information content (AvgIpc) is 2.89. The predicted molar refractivity (Wildman–Crippen MR) is 140 cm³/mol. The van der Waals surface area contributed by atoms with E-state index in [0.29, 0.717) is 36.4 Å². The Morgan fingerprint density at radius 3 is 2.39 bits per heavy atom. The van der Waals surface area contributed by atoms with Crippen molar-refractivity contribution in [2.75, 3.05) is 22.2 Å². The highest BCUT2D eigenvalue weighted by Crippen LogP contribution is 2.37. The second-order valence-corrected chi connectivity index (χ2v) is 8.57. The summed E-state index contributed by atoms with van der Waals surface area (Å²) in [5, 5.41) is 3.22. The molecule has 36 heavy (non-hydrogen) atoms. The van der Waals surface area contributed by atoms with Crippen LogP contribution in [0.25, 0.3) is 0 Å². The molecule has 1 aliphatic heterocycles. The Hall–Kier alpha value is -4.50. The zero-order chi connectivity index (χ0) is 25.2. The van der Waals surface area contributed by atoms with Crippen LogP contribution >= 0.6 is 0 Å². The van der Waals surface area contributed by atoms with Gasteiger partial charge in [-0.05, 0) is 54.8 Å². The van der Waals surface area contributed by atoms with E-state index < -0.39 is 0 Å². The number of nitrogens with zero attached hydrogens (tertiary/aromatic N) is 5. The van der Waals surface area contributed by atoms with Crippen molar-refractivity contribution in [1.82, 2.24) is 15.0 Å². The molecule has 0 spiro atoms. The van der Waals surface area contributed by atoms with Gasteiger partial charge in [0.2, 0.25) is 5.95 Å². The molecule has 0 saturated heterocycles. The van der Waals surface area contributed by atoms with Gasteiger partial charge in [-0.1, -0.05) is 30.3 Å². The third kappa shape index (κ3) is 4.32. The minimum absolute atomic E-state index is 0.241. The Bertz CT molecular complexity index is 1380. The van der Waals surface area contributed by atoms with Crippen LogP contribution in [0.5, 0.6) is 5.75 Å². The molecule has 2 aromatic carbocycles. The first-order valence-electron chi connectivity index (χ1n) is 11.6. The van der Waals surface area contributed by atoms with Crippen molar-refractivity contribution in [3.63, 3.8) is 0 Å². The van der Waals surface area contributed by atoms with E-state index in [-0.39, 0.29) is 6.03 Å². The number of carbonyl (C=O) groups is 1. The van der Waals surface area contributed by atoms with E-state index in [9.17, 15) is 4.79 Å². The number of amides is 2. The smallest absolute Gasteiger partial charge is 0.336 e. The Morgan fingerprint density at radius 1 is 1.00 bits per heavy atom. The molecule has 3 heterocycles. The topological polar surface area (TPSA) is 110 Å². The Morgan fingerprint density at radius 2 is 1.75 bits per heavy atom. The fourth-order valence-corrected chi connectivity index (χ4v) is 4.30. The van der Waals surface area contributed by atoms with Gasteiger partial charge < -0.3 is 15.8 Å². The second-order valence-electron chi connectivity index (χ2n) is 8.57. The van der Waals surface area contributed by atoms with Gasteiger partial charge in [0.1, 0.15) is 11.6 Å². The molecule has 0 radical (unpaired) electrons. The van der Waals surface area contributed by atoms with Crippen LogP contribution in [0, 0.1) is 13.8 Å². The van der Waals surface area contributed by atoms with Crippen molar-refractivity contribution >= 4 is 35.0 Å². The lowest BCUT2D eigenvalue weighted by Gasteiger charge is -2.36. The summed E-state index contributed by atoms with van der Waals surface area (Å²) in [6, 6.07) is 17.0. The maximum Gasteiger partial charge on any atom is 0.336 e. The van der Waals surface area contributed by atoms with Crippen LogP contribution in [0.15, 0.2) is 67.0 Å². The average molecular weight is 482 g/mol. The molecule has 0 unspecified atom stereocenters. The van der Waals surface area contributed by atoms with E-state index in [0.717, 1.165) is 33.6 Å². The summed E-state index contributed by atoms with van der Waals surface area (Å²) in [7, 11) is 1.58. The highest BCUT2D eigenvalue weighted by molar-refractivity contribution is 6.10. The Kier molecular flexibility index (Phi) is 6.22. The molecule has 1 aliphatic rings. The molecule has 9 nitrogen and oxygen atoms in total. The summed E-state index contributed by atoms with van der Waals surface area (Å²) < 4.78 is 5.26. The van der Waals surface area contributed by atoms with E-state index in [4.69, 9.17) is 15.5 Å². The lowest BCUT2D eigenvalue weighted by molar-refractivity contribution is 0.252. The molecule has 3 N–H and O–H groups in total. The summed E-state index contributed by atoms with van der Waals surface area (Å²) in [5.41, 5.74) is 11.2. The van der Waals surface area contributed by atoms with Crippen LogP contribution < -0.4 is 25.6 Å².